The summed E-state index contributed by atoms with van der Waals surface area (Å²) in [6, 6.07) is 4.91. The highest BCUT2D eigenvalue weighted by Gasteiger charge is 2.25. The number of hydrogen-bond donors (Lipinski definition) is 2. The fourth-order valence-electron chi connectivity index (χ4n) is 1.30. The van der Waals surface area contributed by atoms with Gasteiger partial charge in [-0.1, -0.05) is 26.8 Å². The number of hydrogen-bond acceptors (Lipinski definition) is 2. The van der Waals surface area contributed by atoms with Crippen LogP contribution >= 0.6 is 0 Å². The summed E-state index contributed by atoms with van der Waals surface area (Å²) in [6.45, 7) is 6.87. The van der Waals surface area contributed by atoms with Crippen LogP contribution in [0.15, 0.2) is 24.3 Å². The van der Waals surface area contributed by atoms with Crippen molar-refractivity contribution < 1.29 is 14.0 Å². The average molecular weight is 266 g/mol. The monoisotopic (exact) mass is 266 g/mol. The van der Waals surface area contributed by atoms with E-state index in [2.05, 4.69) is 10.6 Å². The minimum absolute atomic E-state index is 0.214. The molecule has 0 radical (unpaired) electrons. The molecule has 104 valence electrons. The predicted molar refractivity (Wildman–Crippen MR) is 72.1 cm³/mol. The molecule has 2 amide bonds. The molecular weight excluding hydrogens is 247 g/mol. The largest absolute Gasteiger partial charge is 0.344 e. The lowest BCUT2D eigenvalue weighted by Crippen LogP contribution is -2.46. The maximum Gasteiger partial charge on any atom is 0.246 e. The molecule has 0 saturated heterocycles. The van der Waals surface area contributed by atoms with Gasteiger partial charge in [-0.25, -0.2) is 4.39 Å². The van der Waals surface area contributed by atoms with Crippen molar-refractivity contribution in [1.82, 2.24) is 5.32 Å². The first-order valence-electron chi connectivity index (χ1n) is 6.07. The third kappa shape index (κ3) is 4.69. The van der Waals surface area contributed by atoms with Crippen LogP contribution in [0.4, 0.5) is 10.1 Å². The molecule has 2 N–H and O–H groups in total. The second-order valence-electron chi connectivity index (χ2n) is 5.44. The smallest absolute Gasteiger partial charge is 0.246 e. The van der Waals surface area contributed by atoms with Crippen LogP contribution in [0.1, 0.15) is 27.7 Å². The molecular formula is C14H19FN2O2. The van der Waals surface area contributed by atoms with Gasteiger partial charge in [0, 0.05) is 11.1 Å². The van der Waals surface area contributed by atoms with Crippen molar-refractivity contribution >= 4 is 17.5 Å². The molecule has 5 heteroatoms. The van der Waals surface area contributed by atoms with Gasteiger partial charge in [0.1, 0.15) is 11.9 Å². The number of anilines is 1. The van der Waals surface area contributed by atoms with Crippen LogP contribution in [-0.2, 0) is 9.59 Å². The summed E-state index contributed by atoms with van der Waals surface area (Å²) < 4.78 is 13.0. The topological polar surface area (TPSA) is 58.2 Å². The fourth-order valence-corrected chi connectivity index (χ4v) is 1.30. The molecule has 1 atom stereocenters. The standard InChI is InChI=1S/C14H19FN2O2/c1-9(16-13(19)14(2,3)4)12(18)17-11-7-5-6-10(15)8-11/h5-9H,1-4H3,(H,16,19)(H,17,18)/t9-/m0/s1. The number of carbonyl (C=O) groups excluding carboxylic acids is 2. The molecule has 1 rings (SSSR count). The maximum atomic E-state index is 13.0. The Morgan fingerprint density at radius 1 is 1.26 bits per heavy atom. The molecule has 1 aromatic carbocycles. The Labute approximate surface area is 112 Å². The van der Waals surface area contributed by atoms with E-state index in [4.69, 9.17) is 0 Å². The Balaban J connectivity index is 2.61. The van der Waals surface area contributed by atoms with E-state index in [1.54, 1.807) is 33.8 Å². The number of rotatable bonds is 3. The SMILES string of the molecule is C[C@H](NC(=O)C(C)(C)C)C(=O)Nc1cccc(F)c1. The van der Waals surface area contributed by atoms with Crippen molar-refractivity contribution in [3.8, 4) is 0 Å². The third-order valence-electron chi connectivity index (χ3n) is 2.51. The summed E-state index contributed by atoms with van der Waals surface area (Å²) >= 11 is 0. The lowest BCUT2D eigenvalue weighted by atomic mass is 9.95. The lowest BCUT2D eigenvalue weighted by molar-refractivity contribution is -0.131. The van der Waals surface area contributed by atoms with Crippen molar-refractivity contribution in [2.75, 3.05) is 5.32 Å². The summed E-state index contributed by atoms with van der Waals surface area (Å²) in [4.78, 5) is 23.6. The van der Waals surface area contributed by atoms with Gasteiger partial charge >= 0.3 is 0 Å². The van der Waals surface area contributed by atoms with Crippen LogP contribution in [0.3, 0.4) is 0 Å². The second kappa shape index (κ2) is 5.82. The Morgan fingerprint density at radius 2 is 1.89 bits per heavy atom. The highest BCUT2D eigenvalue weighted by molar-refractivity contribution is 5.97. The van der Waals surface area contributed by atoms with Gasteiger partial charge in [0.05, 0.1) is 0 Å². The first-order valence-corrected chi connectivity index (χ1v) is 6.07. The minimum atomic E-state index is -0.685. The molecule has 1 aromatic rings. The van der Waals surface area contributed by atoms with Crippen LogP contribution in [0.5, 0.6) is 0 Å². The molecule has 0 aliphatic heterocycles. The summed E-state index contributed by atoms with van der Waals surface area (Å²) in [6.07, 6.45) is 0. The Morgan fingerprint density at radius 3 is 2.42 bits per heavy atom. The van der Waals surface area contributed by atoms with Gasteiger partial charge in [-0.05, 0) is 25.1 Å². The Kier molecular flexibility index (Phi) is 4.64. The van der Waals surface area contributed by atoms with Gasteiger partial charge in [-0.15, -0.1) is 0 Å². The van der Waals surface area contributed by atoms with E-state index >= 15 is 0 Å². The van der Waals surface area contributed by atoms with Crippen LogP contribution in [0.2, 0.25) is 0 Å². The third-order valence-corrected chi connectivity index (χ3v) is 2.51. The van der Waals surface area contributed by atoms with E-state index in [1.807, 2.05) is 0 Å². The normalized spacial score (nSPS) is 12.7. The van der Waals surface area contributed by atoms with E-state index in [0.717, 1.165) is 0 Å². The molecule has 0 aliphatic rings. The van der Waals surface area contributed by atoms with E-state index in [0.29, 0.717) is 5.69 Å². The van der Waals surface area contributed by atoms with E-state index in [1.165, 1.54) is 18.2 Å². The van der Waals surface area contributed by atoms with E-state index < -0.39 is 17.3 Å². The lowest BCUT2D eigenvalue weighted by Gasteiger charge is -2.21. The van der Waals surface area contributed by atoms with Crippen molar-refractivity contribution in [3.63, 3.8) is 0 Å². The molecule has 0 saturated carbocycles. The van der Waals surface area contributed by atoms with Crippen LogP contribution in [0, 0.1) is 11.2 Å². The number of carbonyl (C=O) groups is 2. The summed E-state index contributed by atoms with van der Waals surface area (Å²) in [5, 5.41) is 5.16. The molecule has 0 unspecified atom stereocenters. The zero-order valence-corrected chi connectivity index (χ0v) is 11.6. The number of benzene rings is 1. The molecule has 0 aromatic heterocycles. The minimum Gasteiger partial charge on any atom is -0.344 e. The zero-order chi connectivity index (χ0) is 14.6. The number of amides is 2. The zero-order valence-electron chi connectivity index (χ0n) is 11.6. The van der Waals surface area contributed by atoms with Crippen LogP contribution < -0.4 is 10.6 Å². The molecule has 0 bridgehead atoms. The second-order valence-corrected chi connectivity index (χ2v) is 5.44. The van der Waals surface area contributed by atoms with Crippen molar-refractivity contribution in [2.45, 2.75) is 33.7 Å². The van der Waals surface area contributed by atoms with Gasteiger partial charge in [-0.2, -0.15) is 0 Å². The van der Waals surface area contributed by atoms with Gasteiger partial charge in [0.15, 0.2) is 0 Å². The highest BCUT2D eigenvalue weighted by Crippen LogP contribution is 2.13. The number of halogens is 1. The Bertz CT molecular complexity index is 481. The predicted octanol–water partition coefficient (Wildman–Crippen LogP) is 2.32. The van der Waals surface area contributed by atoms with Gasteiger partial charge in [0.25, 0.3) is 0 Å². The van der Waals surface area contributed by atoms with Crippen molar-refractivity contribution in [1.29, 1.82) is 0 Å². The molecule has 19 heavy (non-hydrogen) atoms. The van der Waals surface area contributed by atoms with Gasteiger partial charge in [-0.3, -0.25) is 9.59 Å². The molecule has 0 spiro atoms. The van der Waals surface area contributed by atoms with Crippen molar-refractivity contribution in [2.24, 2.45) is 5.41 Å². The molecule has 0 fully saturated rings. The number of nitrogens with one attached hydrogen (secondary N) is 2. The van der Waals surface area contributed by atoms with E-state index in [9.17, 15) is 14.0 Å². The fraction of sp³-hybridized carbons (Fsp3) is 0.429. The molecule has 0 heterocycles. The molecule has 0 aliphatic carbocycles. The summed E-state index contributed by atoms with van der Waals surface area (Å²) in [7, 11) is 0. The first kappa shape index (κ1) is 15.1. The van der Waals surface area contributed by atoms with Crippen LogP contribution in [0.25, 0.3) is 0 Å². The van der Waals surface area contributed by atoms with Gasteiger partial charge < -0.3 is 10.6 Å². The maximum absolute atomic E-state index is 13.0. The summed E-state index contributed by atoms with van der Waals surface area (Å²) in [5.74, 6) is -1.03. The first-order chi connectivity index (χ1) is 8.70. The van der Waals surface area contributed by atoms with E-state index in [-0.39, 0.29) is 11.8 Å². The highest BCUT2D eigenvalue weighted by atomic mass is 19.1. The molecule has 4 nitrogen and oxygen atoms in total. The van der Waals surface area contributed by atoms with Crippen molar-refractivity contribution in [3.05, 3.63) is 30.1 Å². The summed E-state index contributed by atoms with van der Waals surface area (Å²) in [5.41, 5.74) is -0.199. The van der Waals surface area contributed by atoms with Gasteiger partial charge in [0.2, 0.25) is 11.8 Å². The average Bonchev–Trinajstić information content (AvgIpc) is 2.27. The quantitative estimate of drug-likeness (QED) is 0.882. The van der Waals surface area contributed by atoms with Crippen LogP contribution in [-0.4, -0.2) is 17.9 Å². The Hall–Kier alpha value is -1.91.